The number of aryl methyl sites for hydroxylation is 1. The number of imidazole rings is 1. The topological polar surface area (TPSA) is 50.2 Å². The Hall–Kier alpha value is -2.92. The van der Waals surface area contributed by atoms with E-state index in [1.165, 1.54) is 24.0 Å². The molecule has 1 amide bonds. The lowest BCUT2D eigenvalue weighted by Gasteiger charge is -2.51. The van der Waals surface area contributed by atoms with Gasteiger partial charge in [-0.05, 0) is 49.3 Å². The van der Waals surface area contributed by atoms with Crippen LogP contribution in [0.3, 0.4) is 0 Å². The number of aromatic nitrogens is 2. The number of rotatable bonds is 8. The molecule has 1 saturated carbocycles. The van der Waals surface area contributed by atoms with E-state index >= 15 is 0 Å². The van der Waals surface area contributed by atoms with Gasteiger partial charge in [0.2, 0.25) is 5.91 Å². The van der Waals surface area contributed by atoms with Gasteiger partial charge in [-0.15, -0.1) is 0 Å². The summed E-state index contributed by atoms with van der Waals surface area (Å²) >= 11 is 0. The molecule has 2 heterocycles. The van der Waals surface area contributed by atoms with E-state index in [1.807, 2.05) is 24.8 Å². The quantitative estimate of drug-likeness (QED) is 0.518. The fraction of sp³-hybridized carbons (Fsp3) is 0.429. The molecule has 1 aliphatic heterocycles. The molecule has 5 rings (SSSR count). The Morgan fingerprint density at radius 3 is 2.55 bits per heavy atom. The summed E-state index contributed by atoms with van der Waals surface area (Å²) in [4.78, 5) is 19.8. The van der Waals surface area contributed by atoms with Gasteiger partial charge in [-0.2, -0.15) is 0 Å². The molecular weight excluding hydrogens is 408 g/mol. The van der Waals surface area contributed by atoms with Crippen molar-refractivity contribution in [2.45, 2.75) is 63.2 Å². The van der Waals surface area contributed by atoms with E-state index < -0.39 is 0 Å². The van der Waals surface area contributed by atoms with Gasteiger partial charge in [0.05, 0.1) is 6.33 Å². The molecule has 0 unspecified atom stereocenters. The Morgan fingerprint density at radius 2 is 1.79 bits per heavy atom. The maximum atomic E-state index is 13.4. The van der Waals surface area contributed by atoms with Gasteiger partial charge in [-0.25, -0.2) is 4.98 Å². The van der Waals surface area contributed by atoms with E-state index in [0.717, 1.165) is 32.5 Å². The van der Waals surface area contributed by atoms with Crippen LogP contribution in [0.5, 0.6) is 0 Å². The van der Waals surface area contributed by atoms with Crippen molar-refractivity contribution in [2.75, 3.05) is 6.54 Å². The van der Waals surface area contributed by atoms with E-state index in [2.05, 4.69) is 74.4 Å². The Kier molecular flexibility index (Phi) is 6.87. The summed E-state index contributed by atoms with van der Waals surface area (Å²) in [5, 5.41) is 3.91. The van der Waals surface area contributed by atoms with Gasteiger partial charge in [0.1, 0.15) is 0 Å². The Morgan fingerprint density at radius 1 is 1.00 bits per heavy atom. The lowest BCUT2D eigenvalue weighted by molar-refractivity contribution is -0.143. The zero-order valence-corrected chi connectivity index (χ0v) is 19.2. The molecule has 1 aromatic heterocycles. The van der Waals surface area contributed by atoms with Crippen molar-refractivity contribution in [3.63, 3.8) is 0 Å². The number of amides is 1. The minimum absolute atomic E-state index is 0.280. The molecule has 3 aromatic rings. The summed E-state index contributed by atoms with van der Waals surface area (Å²) in [6, 6.07) is 21.9. The number of piperidine rings is 1. The highest BCUT2D eigenvalue weighted by atomic mass is 16.2. The van der Waals surface area contributed by atoms with Crippen LogP contribution in [0.15, 0.2) is 79.4 Å². The third kappa shape index (κ3) is 5.03. The van der Waals surface area contributed by atoms with Gasteiger partial charge >= 0.3 is 0 Å². The molecule has 5 heteroatoms. The lowest BCUT2D eigenvalue weighted by Crippen LogP contribution is -2.59. The van der Waals surface area contributed by atoms with Crippen molar-refractivity contribution in [3.8, 4) is 0 Å². The second kappa shape index (κ2) is 10.3. The number of hydrogen-bond acceptors (Lipinski definition) is 3. The third-order valence-corrected chi connectivity index (χ3v) is 7.49. The number of nitrogens with zero attached hydrogens (tertiary/aromatic N) is 3. The fourth-order valence-electron chi connectivity index (χ4n) is 5.97. The van der Waals surface area contributed by atoms with E-state index in [1.54, 1.807) is 0 Å². The first-order valence-corrected chi connectivity index (χ1v) is 12.4. The minimum atomic E-state index is 0.280. The van der Waals surface area contributed by atoms with Gasteiger partial charge in [-0.3, -0.25) is 4.79 Å². The van der Waals surface area contributed by atoms with Crippen molar-refractivity contribution in [2.24, 2.45) is 5.92 Å². The number of fused-ring (bicyclic) bond motifs is 1. The number of likely N-dealkylation sites (tertiary alicyclic amines) is 1. The van der Waals surface area contributed by atoms with E-state index in [4.69, 9.17) is 0 Å². The Labute approximate surface area is 196 Å². The number of carbonyl (C=O) groups is 1. The van der Waals surface area contributed by atoms with Crippen LogP contribution >= 0.6 is 0 Å². The summed E-state index contributed by atoms with van der Waals surface area (Å²) < 4.78 is 2.14. The molecule has 5 nitrogen and oxygen atoms in total. The normalized spacial score (nSPS) is 25.1. The first kappa shape index (κ1) is 21.9. The molecule has 4 atom stereocenters. The van der Waals surface area contributed by atoms with Gasteiger partial charge in [-0.1, -0.05) is 60.7 Å². The van der Waals surface area contributed by atoms with Crippen LogP contribution in [0.1, 0.15) is 49.1 Å². The molecule has 0 bridgehead atoms. The molecule has 0 spiro atoms. The number of carbonyl (C=O) groups excluding carboxylic acids is 1. The van der Waals surface area contributed by atoms with Crippen molar-refractivity contribution < 1.29 is 4.79 Å². The summed E-state index contributed by atoms with van der Waals surface area (Å²) in [5.74, 6) is 1.02. The molecule has 2 fully saturated rings. The minimum Gasteiger partial charge on any atom is -0.337 e. The van der Waals surface area contributed by atoms with Crippen molar-refractivity contribution in [1.29, 1.82) is 0 Å². The molecule has 2 aromatic carbocycles. The molecule has 33 heavy (non-hydrogen) atoms. The average molecular weight is 443 g/mol. The third-order valence-electron chi connectivity index (χ3n) is 7.49. The van der Waals surface area contributed by atoms with Gasteiger partial charge in [0.15, 0.2) is 0 Å². The summed E-state index contributed by atoms with van der Waals surface area (Å²) in [7, 11) is 0. The first-order chi connectivity index (χ1) is 16.3. The monoisotopic (exact) mass is 442 g/mol. The SMILES string of the molecule is O=C1C[C@H](c2ccccc2)[C@H]2[C@@H](NCCCn3ccnc3)CCC[C@H]2N1Cc1ccccc1. The van der Waals surface area contributed by atoms with E-state index in [0.29, 0.717) is 24.3 Å². The van der Waals surface area contributed by atoms with Crippen molar-refractivity contribution in [3.05, 3.63) is 90.5 Å². The van der Waals surface area contributed by atoms with Crippen LogP contribution in [0.2, 0.25) is 0 Å². The summed E-state index contributed by atoms with van der Waals surface area (Å²) in [6.45, 7) is 2.68. The second-order valence-electron chi connectivity index (χ2n) is 9.52. The molecule has 1 saturated heterocycles. The maximum Gasteiger partial charge on any atom is 0.223 e. The van der Waals surface area contributed by atoms with Crippen LogP contribution in [0.4, 0.5) is 0 Å². The molecule has 1 aliphatic carbocycles. The largest absolute Gasteiger partial charge is 0.337 e. The fourth-order valence-corrected chi connectivity index (χ4v) is 5.97. The highest BCUT2D eigenvalue weighted by Gasteiger charge is 2.47. The zero-order valence-electron chi connectivity index (χ0n) is 19.2. The van der Waals surface area contributed by atoms with Gasteiger partial charge < -0.3 is 14.8 Å². The second-order valence-corrected chi connectivity index (χ2v) is 9.52. The number of hydrogen-bond donors (Lipinski definition) is 1. The van der Waals surface area contributed by atoms with Crippen molar-refractivity contribution in [1.82, 2.24) is 19.8 Å². The molecule has 1 N–H and O–H groups in total. The smallest absolute Gasteiger partial charge is 0.223 e. The Bertz CT molecular complexity index is 1000. The first-order valence-electron chi connectivity index (χ1n) is 12.4. The van der Waals surface area contributed by atoms with Gasteiger partial charge in [0.25, 0.3) is 0 Å². The summed E-state index contributed by atoms with van der Waals surface area (Å²) in [6.07, 6.45) is 10.9. The Balaban J connectivity index is 1.35. The van der Waals surface area contributed by atoms with E-state index in [-0.39, 0.29) is 12.0 Å². The molecule has 2 aliphatic rings. The van der Waals surface area contributed by atoms with Crippen LogP contribution < -0.4 is 5.32 Å². The number of nitrogens with one attached hydrogen (secondary N) is 1. The average Bonchev–Trinajstić information content (AvgIpc) is 3.38. The standard InChI is InChI=1S/C28H34N4O/c33-27-19-24(23-11-5-2-6-12-23)28-25(30-15-8-17-31-18-16-29-21-31)13-7-14-26(28)32(27)20-22-9-3-1-4-10-22/h1-6,9-12,16,18,21,24-26,28,30H,7-8,13-15,17,19-20H2/t24-,25+,26-,28+/m1/s1. The van der Waals surface area contributed by atoms with Crippen LogP contribution in [-0.2, 0) is 17.9 Å². The highest BCUT2D eigenvalue weighted by molar-refractivity contribution is 5.79. The van der Waals surface area contributed by atoms with Crippen LogP contribution in [0.25, 0.3) is 0 Å². The highest BCUT2D eigenvalue weighted by Crippen LogP contribution is 2.45. The molecule has 0 radical (unpaired) electrons. The van der Waals surface area contributed by atoms with Crippen molar-refractivity contribution >= 4 is 5.91 Å². The zero-order chi connectivity index (χ0) is 22.5. The lowest BCUT2D eigenvalue weighted by atomic mass is 9.66. The van der Waals surface area contributed by atoms with E-state index in [9.17, 15) is 4.79 Å². The predicted molar refractivity (Wildman–Crippen MR) is 131 cm³/mol. The predicted octanol–water partition coefficient (Wildman–Crippen LogP) is 4.62. The van der Waals surface area contributed by atoms with Gasteiger partial charge in [0, 0.05) is 49.9 Å². The molecular formula is C28H34N4O. The summed E-state index contributed by atoms with van der Waals surface area (Å²) in [5.41, 5.74) is 2.53. The maximum absolute atomic E-state index is 13.4. The molecule has 172 valence electrons. The van der Waals surface area contributed by atoms with Crippen LogP contribution in [0, 0.1) is 5.92 Å². The van der Waals surface area contributed by atoms with Crippen LogP contribution in [-0.4, -0.2) is 39.0 Å². The number of benzene rings is 2.